The lowest BCUT2D eigenvalue weighted by Gasteiger charge is -2.17. The number of benzene rings is 2. The van der Waals surface area contributed by atoms with Crippen LogP contribution in [0.25, 0.3) is 0 Å². The summed E-state index contributed by atoms with van der Waals surface area (Å²) in [7, 11) is 0. The summed E-state index contributed by atoms with van der Waals surface area (Å²) in [5.74, 6) is -2.32. The van der Waals surface area contributed by atoms with Crippen molar-refractivity contribution in [1.29, 1.82) is 0 Å². The summed E-state index contributed by atoms with van der Waals surface area (Å²) in [5, 5.41) is 4.61. The lowest BCUT2D eigenvalue weighted by atomic mass is 10.1. The molecular weight excluding hydrogens is 344 g/mol. The number of carbonyl (C=O) groups excluding carboxylic acids is 3. The fourth-order valence-corrected chi connectivity index (χ4v) is 2.68. The number of halogens is 2. The lowest BCUT2D eigenvalue weighted by molar-refractivity contribution is 0.0609. The maximum absolute atomic E-state index is 13.6. The van der Waals surface area contributed by atoms with E-state index in [-0.39, 0.29) is 28.5 Å². The average Bonchev–Trinajstić information content (AvgIpc) is 2.82. The summed E-state index contributed by atoms with van der Waals surface area (Å²) in [4.78, 5) is 37.7. The van der Waals surface area contributed by atoms with Gasteiger partial charge in [-0.25, -0.2) is 13.6 Å². The van der Waals surface area contributed by atoms with Crippen LogP contribution in [-0.2, 0) is 0 Å². The molecule has 6 nitrogen and oxygen atoms in total. The van der Waals surface area contributed by atoms with Gasteiger partial charge in [0, 0.05) is 17.8 Å². The number of rotatable bonds is 3. The van der Waals surface area contributed by atoms with Crippen LogP contribution in [0.4, 0.5) is 25.0 Å². The molecule has 26 heavy (non-hydrogen) atoms. The number of carbonyl (C=O) groups is 3. The summed E-state index contributed by atoms with van der Waals surface area (Å²) >= 11 is 0. The minimum Gasteiger partial charge on any atom is -0.308 e. The Morgan fingerprint density at radius 2 is 1.65 bits per heavy atom. The van der Waals surface area contributed by atoms with Gasteiger partial charge in [-0.2, -0.15) is 0 Å². The summed E-state index contributed by atoms with van der Waals surface area (Å²) in [6.07, 6.45) is 0. The first kappa shape index (κ1) is 17.5. The quantitative estimate of drug-likeness (QED) is 0.822. The highest BCUT2D eigenvalue weighted by Gasteiger charge is 2.37. The van der Waals surface area contributed by atoms with Crippen LogP contribution in [0, 0.1) is 11.6 Å². The van der Waals surface area contributed by atoms with E-state index in [2.05, 4.69) is 10.6 Å². The third-order valence-electron chi connectivity index (χ3n) is 3.87. The second-order valence-electron chi connectivity index (χ2n) is 6.04. The highest BCUT2D eigenvalue weighted by molar-refractivity contribution is 6.22. The number of urea groups is 1. The van der Waals surface area contributed by atoms with Crippen molar-refractivity contribution in [1.82, 2.24) is 4.90 Å². The highest BCUT2D eigenvalue weighted by atomic mass is 19.1. The van der Waals surface area contributed by atoms with Gasteiger partial charge < -0.3 is 10.6 Å². The van der Waals surface area contributed by atoms with E-state index in [9.17, 15) is 23.2 Å². The molecule has 8 heteroatoms. The van der Waals surface area contributed by atoms with E-state index in [1.54, 1.807) is 13.8 Å². The molecule has 0 saturated carbocycles. The van der Waals surface area contributed by atoms with Gasteiger partial charge in [0.15, 0.2) is 0 Å². The molecule has 0 saturated heterocycles. The van der Waals surface area contributed by atoms with E-state index in [1.807, 2.05) is 0 Å². The van der Waals surface area contributed by atoms with E-state index in [0.717, 1.165) is 23.1 Å². The number of hydrogen-bond donors (Lipinski definition) is 2. The third-order valence-corrected chi connectivity index (χ3v) is 3.87. The van der Waals surface area contributed by atoms with E-state index in [4.69, 9.17) is 0 Å². The molecule has 134 valence electrons. The van der Waals surface area contributed by atoms with Crippen molar-refractivity contribution in [3.8, 4) is 0 Å². The maximum Gasteiger partial charge on any atom is 0.323 e. The molecule has 0 bridgehead atoms. The molecule has 3 rings (SSSR count). The smallest absolute Gasteiger partial charge is 0.308 e. The molecule has 1 heterocycles. The Bertz CT molecular complexity index is 928. The molecular formula is C18H15F2N3O3. The van der Waals surface area contributed by atoms with Crippen molar-refractivity contribution in [2.75, 3.05) is 10.6 Å². The van der Waals surface area contributed by atoms with Gasteiger partial charge in [0.05, 0.1) is 16.8 Å². The van der Waals surface area contributed by atoms with Gasteiger partial charge in [0.25, 0.3) is 11.8 Å². The molecule has 1 aliphatic rings. The molecule has 1 aliphatic heterocycles. The number of nitrogens with zero attached hydrogens (tertiary/aromatic N) is 1. The van der Waals surface area contributed by atoms with Crippen LogP contribution in [-0.4, -0.2) is 28.8 Å². The lowest BCUT2D eigenvalue weighted by Crippen LogP contribution is -2.35. The Kier molecular flexibility index (Phi) is 4.41. The Morgan fingerprint density at radius 1 is 0.962 bits per heavy atom. The van der Waals surface area contributed by atoms with E-state index >= 15 is 0 Å². The van der Waals surface area contributed by atoms with Crippen LogP contribution in [0.5, 0.6) is 0 Å². The molecule has 0 spiro atoms. The maximum atomic E-state index is 13.6. The second kappa shape index (κ2) is 6.55. The number of amides is 4. The van der Waals surface area contributed by atoms with Gasteiger partial charge in [-0.3, -0.25) is 14.5 Å². The molecule has 0 aliphatic carbocycles. The van der Waals surface area contributed by atoms with Crippen molar-refractivity contribution in [3.05, 3.63) is 59.2 Å². The largest absolute Gasteiger partial charge is 0.323 e. The summed E-state index contributed by atoms with van der Waals surface area (Å²) in [6.45, 7) is 3.45. The van der Waals surface area contributed by atoms with Crippen molar-refractivity contribution >= 4 is 29.2 Å². The Morgan fingerprint density at radius 3 is 2.35 bits per heavy atom. The van der Waals surface area contributed by atoms with Crippen LogP contribution >= 0.6 is 0 Å². The van der Waals surface area contributed by atoms with Crippen LogP contribution in [0.15, 0.2) is 36.4 Å². The first-order chi connectivity index (χ1) is 12.3. The zero-order valence-electron chi connectivity index (χ0n) is 14.0. The van der Waals surface area contributed by atoms with Crippen LogP contribution in [0.2, 0.25) is 0 Å². The number of fused-ring (bicyclic) bond motifs is 1. The molecule has 0 unspecified atom stereocenters. The van der Waals surface area contributed by atoms with Gasteiger partial charge in [0.1, 0.15) is 11.6 Å². The predicted molar refractivity (Wildman–Crippen MR) is 91.1 cm³/mol. The molecule has 0 radical (unpaired) electrons. The molecule has 2 aromatic carbocycles. The molecule has 4 amide bonds. The van der Waals surface area contributed by atoms with Gasteiger partial charge in [-0.15, -0.1) is 0 Å². The minimum absolute atomic E-state index is 0.179. The van der Waals surface area contributed by atoms with E-state index in [1.165, 1.54) is 18.2 Å². The number of imide groups is 1. The van der Waals surface area contributed by atoms with Crippen LogP contribution < -0.4 is 10.6 Å². The second-order valence-corrected chi connectivity index (χ2v) is 6.04. The number of nitrogens with one attached hydrogen (secondary N) is 2. The molecule has 0 aromatic heterocycles. The van der Waals surface area contributed by atoms with Gasteiger partial charge in [-0.1, -0.05) is 0 Å². The van der Waals surface area contributed by atoms with E-state index in [0.29, 0.717) is 0 Å². The SMILES string of the molecule is CC(C)N1C(=O)c2ccc(NC(=O)Nc3cc(F)ccc3F)cc2C1=O. The monoisotopic (exact) mass is 359 g/mol. The first-order valence-corrected chi connectivity index (χ1v) is 7.83. The average molecular weight is 359 g/mol. The van der Waals surface area contributed by atoms with Gasteiger partial charge in [-0.05, 0) is 44.2 Å². The normalized spacial score (nSPS) is 13.2. The minimum atomic E-state index is -0.813. The Labute approximate surface area is 147 Å². The van der Waals surface area contributed by atoms with Gasteiger partial charge >= 0.3 is 6.03 Å². The standard InChI is InChI=1S/C18H15F2N3O3/c1-9(2)23-16(24)12-5-4-11(8-13(12)17(23)25)21-18(26)22-15-7-10(19)3-6-14(15)20/h3-9H,1-2H3,(H2,21,22,26). The zero-order chi connectivity index (χ0) is 19.0. The molecule has 2 N–H and O–H groups in total. The number of hydrogen-bond acceptors (Lipinski definition) is 3. The first-order valence-electron chi connectivity index (χ1n) is 7.83. The van der Waals surface area contributed by atoms with Crippen molar-refractivity contribution in [2.45, 2.75) is 19.9 Å². The summed E-state index contributed by atoms with van der Waals surface area (Å²) in [6, 6.07) is 5.84. The van der Waals surface area contributed by atoms with Crippen molar-refractivity contribution in [2.24, 2.45) is 0 Å². The van der Waals surface area contributed by atoms with Crippen LogP contribution in [0.3, 0.4) is 0 Å². The summed E-state index contributed by atoms with van der Waals surface area (Å²) < 4.78 is 26.7. The third kappa shape index (κ3) is 3.13. The fraction of sp³-hybridized carbons (Fsp3) is 0.167. The molecule has 0 atom stereocenters. The Hall–Kier alpha value is -3.29. The zero-order valence-corrected chi connectivity index (χ0v) is 14.0. The Balaban J connectivity index is 1.78. The highest BCUT2D eigenvalue weighted by Crippen LogP contribution is 2.27. The summed E-state index contributed by atoms with van der Waals surface area (Å²) in [5.41, 5.74) is 0.356. The van der Waals surface area contributed by atoms with Gasteiger partial charge in [0.2, 0.25) is 0 Å². The van der Waals surface area contributed by atoms with E-state index < -0.39 is 29.5 Å². The topological polar surface area (TPSA) is 78.5 Å². The predicted octanol–water partition coefficient (Wildman–Crippen LogP) is 3.61. The van der Waals surface area contributed by atoms with Crippen LogP contribution in [0.1, 0.15) is 34.6 Å². The number of anilines is 2. The van der Waals surface area contributed by atoms with Crippen molar-refractivity contribution in [3.63, 3.8) is 0 Å². The fourth-order valence-electron chi connectivity index (χ4n) is 2.68. The molecule has 0 fully saturated rings. The van der Waals surface area contributed by atoms with Crippen molar-refractivity contribution < 1.29 is 23.2 Å². The molecule has 2 aromatic rings.